The fourth-order valence-electron chi connectivity index (χ4n) is 5.43. The van der Waals surface area contributed by atoms with Crippen LogP contribution in [0.3, 0.4) is 0 Å². The van der Waals surface area contributed by atoms with E-state index in [2.05, 4.69) is 17.1 Å². The number of rotatable bonds is 8. The first-order valence-corrected chi connectivity index (χ1v) is 14.6. The Labute approximate surface area is 266 Å². The quantitative estimate of drug-likeness (QED) is 0.0742. The van der Waals surface area contributed by atoms with Crippen molar-refractivity contribution in [2.75, 3.05) is 0 Å². The number of halogens is 1. The number of allylic oxidation sites excluding steroid dienone is 2. The number of hydrogen-bond donors (Lipinski definition) is 1. The van der Waals surface area contributed by atoms with Gasteiger partial charge in [0, 0.05) is 55.3 Å². The summed E-state index contributed by atoms with van der Waals surface area (Å²) in [6.45, 7) is 8.07. The number of aromatic nitrogens is 1. The molecule has 0 aliphatic heterocycles. The van der Waals surface area contributed by atoms with Gasteiger partial charge in [-0.3, -0.25) is 9.78 Å². The molecule has 0 unspecified atom stereocenters. The summed E-state index contributed by atoms with van der Waals surface area (Å²) in [6.07, 6.45) is 6.63. The van der Waals surface area contributed by atoms with Gasteiger partial charge < -0.3 is 5.11 Å². The molecule has 4 aromatic carbocycles. The molecule has 0 bridgehead atoms. The minimum atomic E-state index is -0.239. The van der Waals surface area contributed by atoms with E-state index >= 15 is 0 Å². The molecule has 1 aromatic heterocycles. The molecular weight excluding hydrogens is 716 g/mol. The van der Waals surface area contributed by atoms with Crippen molar-refractivity contribution in [1.82, 2.24) is 4.98 Å². The van der Waals surface area contributed by atoms with Crippen LogP contribution in [0.15, 0.2) is 84.8 Å². The van der Waals surface area contributed by atoms with E-state index in [0.29, 0.717) is 10.9 Å². The van der Waals surface area contributed by atoms with E-state index in [4.69, 9.17) is 0 Å². The smallest absolute Gasteiger partial charge is 0.162 e. The number of carbonyl (C=O) groups excluding carboxylic acids is 1. The maximum absolute atomic E-state index is 14.2. The van der Waals surface area contributed by atoms with Crippen molar-refractivity contribution in [3.05, 3.63) is 102 Å². The Kier molecular flexibility index (Phi) is 12.1. The second-order valence-electron chi connectivity index (χ2n) is 10.4. The average molecular weight is 752 g/mol. The number of aliphatic hydroxyl groups is 1. The van der Waals surface area contributed by atoms with Crippen LogP contribution in [0.2, 0.25) is 0 Å². The van der Waals surface area contributed by atoms with Crippen LogP contribution in [0.25, 0.3) is 43.6 Å². The monoisotopic (exact) mass is 752 g/mol. The summed E-state index contributed by atoms with van der Waals surface area (Å²) < 4.78 is 14.2. The summed E-state index contributed by atoms with van der Waals surface area (Å²) in [4.78, 5) is 16.3. The number of fused-ring (bicyclic) bond motifs is 4. The maximum atomic E-state index is 14.2. The topological polar surface area (TPSA) is 74.0 Å². The molecule has 6 heteroatoms. The molecule has 0 saturated heterocycles. The molecule has 0 atom stereocenters. The van der Waals surface area contributed by atoms with Gasteiger partial charge in [0.2, 0.25) is 0 Å². The molecule has 1 N–H and O–H groups in total. The number of nitriles is 1. The summed E-state index contributed by atoms with van der Waals surface area (Å²) in [5.74, 6) is 0.308. The first kappa shape index (κ1) is 33.6. The van der Waals surface area contributed by atoms with Crippen LogP contribution in [0, 0.1) is 35.1 Å². The van der Waals surface area contributed by atoms with Gasteiger partial charge in [-0.25, -0.2) is 4.39 Å². The molecule has 5 aromatic rings. The van der Waals surface area contributed by atoms with Gasteiger partial charge >= 0.3 is 0 Å². The third-order valence-corrected chi connectivity index (χ3v) is 7.98. The Bertz CT molecular complexity index is 1800. The van der Waals surface area contributed by atoms with Crippen LogP contribution in [-0.2, 0) is 24.9 Å². The number of pyridine rings is 1. The van der Waals surface area contributed by atoms with Gasteiger partial charge in [0.1, 0.15) is 5.82 Å². The Morgan fingerprint density at radius 2 is 1.51 bits per heavy atom. The van der Waals surface area contributed by atoms with Gasteiger partial charge in [-0.05, 0) is 59.5 Å². The van der Waals surface area contributed by atoms with E-state index in [9.17, 15) is 19.6 Å². The molecule has 0 spiro atoms. The van der Waals surface area contributed by atoms with Gasteiger partial charge in [-0.15, -0.1) is 23.6 Å². The van der Waals surface area contributed by atoms with Crippen molar-refractivity contribution in [2.24, 2.45) is 11.8 Å². The SMILES string of the molecule is CCC(CC)C(=O)/C=C(\O)C(CC)CC.N#Cc1cc(-c2nccc3c2ccc2c(F)cccc23)[c-]c2ccccc12.[Ir]. The van der Waals surface area contributed by atoms with Gasteiger partial charge in [0.25, 0.3) is 0 Å². The molecule has 4 nitrogen and oxygen atoms in total. The zero-order valence-corrected chi connectivity index (χ0v) is 27.3. The molecule has 1 radical (unpaired) electrons. The van der Waals surface area contributed by atoms with Crippen molar-refractivity contribution in [2.45, 2.75) is 53.4 Å². The number of hydrogen-bond acceptors (Lipinski definition) is 4. The molecule has 5 rings (SSSR count). The Morgan fingerprint density at radius 3 is 2.19 bits per heavy atom. The first-order valence-electron chi connectivity index (χ1n) is 14.6. The number of ketones is 1. The summed E-state index contributed by atoms with van der Waals surface area (Å²) in [7, 11) is 0. The molecular formula is C37H36FIrN2O2-. The molecule has 0 saturated carbocycles. The summed E-state index contributed by atoms with van der Waals surface area (Å²) in [5.41, 5.74) is 2.08. The molecule has 0 amide bonds. The van der Waals surface area contributed by atoms with E-state index in [0.717, 1.165) is 63.9 Å². The van der Waals surface area contributed by atoms with E-state index in [1.165, 1.54) is 12.1 Å². The van der Waals surface area contributed by atoms with Crippen molar-refractivity contribution in [3.63, 3.8) is 0 Å². The molecule has 1 heterocycles. The van der Waals surface area contributed by atoms with Crippen LogP contribution in [0.1, 0.15) is 58.9 Å². The maximum Gasteiger partial charge on any atom is 0.162 e. The second kappa shape index (κ2) is 15.5. The number of nitrogens with zero attached hydrogens (tertiary/aromatic N) is 2. The van der Waals surface area contributed by atoms with Crippen molar-refractivity contribution < 1.29 is 34.4 Å². The minimum Gasteiger partial charge on any atom is -0.512 e. The summed E-state index contributed by atoms with van der Waals surface area (Å²) >= 11 is 0. The second-order valence-corrected chi connectivity index (χ2v) is 10.4. The molecule has 0 aliphatic carbocycles. The minimum absolute atomic E-state index is 0. The van der Waals surface area contributed by atoms with Gasteiger partial charge in [-0.1, -0.05) is 81.1 Å². The summed E-state index contributed by atoms with van der Waals surface area (Å²) in [5, 5.41) is 24.3. The predicted molar refractivity (Wildman–Crippen MR) is 170 cm³/mol. The van der Waals surface area contributed by atoms with Gasteiger partial charge in [0.15, 0.2) is 5.78 Å². The first-order chi connectivity index (χ1) is 20.4. The van der Waals surface area contributed by atoms with Gasteiger partial charge in [-0.2, -0.15) is 5.26 Å². The van der Waals surface area contributed by atoms with Crippen LogP contribution in [0.4, 0.5) is 4.39 Å². The van der Waals surface area contributed by atoms with Crippen LogP contribution in [-0.4, -0.2) is 15.9 Å². The van der Waals surface area contributed by atoms with E-state index < -0.39 is 0 Å². The standard InChI is InChI=1S/C24H12FN2.C13H24O2.Ir/c25-23-7-3-6-19-20-10-11-27-24(22(20)9-8-21(19)23)16-12-15-4-1-2-5-18(15)17(13-16)14-26;1-5-10(6-2)12(14)9-13(15)11(7-3)8-4;/h1-11,13H;9-11,14H,5-8H2,1-4H3;/q-1;;/b;12-9-;. The van der Waals surface area contributed by atoms with E-state index in [1.807, 2.05) is 76.2 Å². The summed E-state index contributed by atoms with van der Waals surface area (Å²) in [6, 6.07) is 25.8. The number of carbonyl (C=O) groups is 1. The molecule has 0 aliphatic rings. The molecule has 223 valence electrons. The predicted octanol–water partition coefficient (Wildman–Crippen LogP) is 9.89. The molecule has 43 heavy (non-hydrogen) atoms. The van der Waals surface area contributed by atoms with Crippen LogP contribution >= 0.6 is 0 Å². The fraction of sp³-hybridized carbons (Fsp3) is 0.270. The average Bonchev–Trinajstić information content (AvgIpc) is 3.01. The third kappa shape index (κ3) is 7.36. The van der Waals surface area contributed by atoms with Crippen LogP contribution < -0.4 is 0 Å². The number of aliphatic hydroxyl groups excluding tert-OH is 1. The zero-order valence-electron chi connectivity index (χ0n) is 24.9. The van der Waals surface area contributed by atoms with Crippen LogP contribution in [0.5, 0.6) is 0 Å². The fourth-order valence-corrected chi connectivity index (χ4v) is 5.43. The van der Waals surface area contributed by atoms with Gasteiger partial charge in [0.05, 0.1) is 11.8 Å². The molecule has 0 fully saturated rings. The number of benzene rings is 4. The normalized spacial score (nSPS) is 11.3. The zero-order chi connectivity index (χ0) is 30.2. The van der Waals surface area contributed by atoms with Crippen molar-refractivity contribution >= 4 is 38.1 Å². The van der Waals surface area contributed by atoms with E-state index in [1.54, 1.807) is 18.3 Å². The Morgan fingerprint density at radius 1 is 0.884 bits per heavy atom. The van der Waals surface area contributed by atoms with Crippen molar-refractivity contribution in [1.29, 1.82) is 5.26 Å². The van der Waals surface area contributed by atoms with Crippen molar-refractivity contribution in [3.8, 4) is 17.3 Å². The Balaban J connectivity index is 0.000000274. The van der Waals surface area contributed by atoms with E-state index in [-0.39, 0.29) is 49.3 Å². The third-order valence-electron chi connectivity index (χ3n) is 7.98. The Hall–Kier alpha value is -3.91. The largest absolute Gasteiger partial charge is 0.512 e.